The Kier molecular flexibility index (Phi) is 11.4. The summed E-state index contributed by atoms with van der Waals surface area (Å²) >= 11 is 0. The van der Waals surface area contributed by atoms with Crippen LogP contribution < -0.4 is 10.6 Å². The molecule has 1 amide bonds. The van der Waals surface area contributed by atoms with E-state index in [-0.39, 0.29) is 36.4 Å². The Hall–Kier alpha value is -2.20. The molecule has 0 aliphatic carbocycles. The number of likely N-dealkylation sites (N-methyl/N-ethyl adjacent to an activating group) is 1. The highest BCUT2D eigenvalue weighted by atomic mass is 127. The van der Waals surface area contributed by atoms with Crippen LogP contribution in [0.3, 0.4) is 0 Å². The van der Waals surface area contributed by atoms with Gasteiger partial charge >= 0.3 is 0 Å². The average Bonchev–Trinajstić information content (AvgIpc) is 3.25. The number of hydrogen-bond acceptors (Lipinski definition) is 4. The molecule has 1 fully saturated rings. The maximum absolute atomic E-state index is 12.5. The van der Waals surface area contributed by atoms with Crippen molar-refractivity contribution in [3.63, 3.8) is 0 Å². The third-order valence-corrected chi connectivity index (χ3v) is 5.72. The first-order chi connectivity index (χ1) is 15.2. The minimum atomic E-state index is 0. The van der Waals surface area contributed by atoms with Crippen molar-refractivity contribution in [2.45, 2.75) is 31.8 Å². The number of halogens is 1. The number of aromatic nitrogens is 1. The van der Waals surface area contributed by atoms with E-state index in [1.807, 2.05) is 25.2 Å². The standard InChI is InChI=1S/C24H34N6O.HI/c1-25-24(28-18-23(31)29(2)16-13-21-11-6-7-14-26-21)27-17-22-12-8-15-30(22)19-20-9-4-3-5-10-20;/h3-7,9-11,14,22H,8,12-13,15-19H2,1-2H3,(H2,25,27,28);1H. The molecular formula is C24H35IN6O. The highest BCUT2D eigenvalue weighted by Crippen LogP contribution is 2.19. The number of hydrogen-bond donors (Lipinski definition) is 2. The highest BCUT2D eigenvalue weighted by Gasteiger charge is 2.24. The molecule has 8 heteroatoms. The van der Waals surface area contributed by atoms with Crippen LogP contribution in [0.4, 0.5) is 0 Å². The zero-order valence-electron chi connectivity index (χ0n) is 19.0. The second-order valence-electron chi connectivity index (χ2n) is 7.95. The van der Waals surface area contributed by atoms with Gasteiger partial charge in [0.1, 0.15) is 0 Å². The molecule has 1 aromatic carbocycles. The summed E-state index contributed by atoms with van der Waals surface area (Å²) in [6.07, 6.45) is 4.91. The van der Waals surface area contributed by atoms with Gasteiger partial charge in [-0.15, -0.1) is 24.0 Å². The van der Waals surface area contributed by atoms with Crippen LogP contribution in [0.15, 0.2) is 59.7 Å². The number of guanidine groups is 1. The molecule has 0 radical (unpaired) electrons. The Morgan fingerprint density at radius 2 is 1.97 bits per heavy atom. The van der Waals surface area contributed by atoms with Crippen LogP contribution in [0, 0.1) is 0 Å². The van der Waals surface area contributed by atoms with Gasteiger partial charge in [0.15, 0.2) is 5.96 Å². The smallest absolute Gasteiger partial charge is 0.241 e. The summed E-state index contributed by atoms with van der Waals surface area (Å²) in [6, 6.07) is 16.9. The van der Waals surface area contributed by atoms with Crippen LogP contribution in [0.5, 0.6) is 0 Å². The van der Waals surface area contributed by atoms with Crippen LogP contribution >= 0.6 is 24.0 Å². The van der Waals surface area contributed by atoms with E-state index in [0.717, 1.165) is 31.7 Å². The predicted octanol–water partition coefficient (Wildman–Crippen LogP) is 2.53. The summed E-state index contributed by atoms with van der Waals surface area (Å²) in [6.45, 7) is 3.76. The van der Waals surface area contributed by atoms with E-state index < -0.39 is 0 Å². The number of carbonyl (C=O) groups excluding carboxylic acids is 1. The number of pyridine rings is 1. The molecule has 2 N–H and O–H groups in total. The van der Waals surface area contributed by atoms with Crippen molar-refractivity contribution in [1.82, 2.24) is 25.4 Å². The second-order valence-corrected chi connectivity index (χ2v) is 7.95. The molecule has 1 saturated heterocycles. The zero-order chi connectivity index (χ0) is 21.9. The van der Waals surface area contributed by atoms with E-state index in [2.05, 4.69) is 55.8 Å². The number of rotatable bonds is 9. The first-order valence-electron chi connectivity index (χ1n) is 11.0. The van der Waals surface area contributed by atoms with Crippen LogP contribution in [0.2, 0.25) is 0 Å². The zero-order valence-corrected chi connectivity index (χ0v) is 21.4. The fraction of sp³-hybridized carbons (Fsp3) is 0.458. The summed E-state index contributed by atoms with van der Waals surface area (Å²) in [5.41, 5.74) is 2.33. The molecule has 3 rings (SSSR count). The van der Waals surface area contributed by atoms with Gasteiger partial charge in [-0.25, -0.2) is 0 Å². The number of aliphatic imine (C=N–C) groups is 1. The number of nitrogens with zero attached hydrogens (tertiary/aromatic N) is 4. The normalized spacial score (nSPS) is 16.3. The van der Waals surface area contributed by atoms with Gasteiger partial charge in [-0.1, -0.05) is 36.4 Å². The van der Waals surface area contributed by atoms with Crippen molar-refractivity contribution in [2.75, 3.05) is 40.3 Å². The van der Waals surface area contributed by atoms with Gasteiger partial charge in [-0.3, -0.25) is 19.7 Å². The van der Waals surface area contributed by atoms with E-state index in [1.165, 1.54) is 18.4 Å². The Bertz CT molecular complexity index is 833. The maximum Gasteiger partial charge on any atom is 0.241 e. The van der Waals surface area contributed by atoms with Crippen molar-refractivity contribution in [1.29, 1.82) is 0 Å². The molecule has 174 valence electrons. The predicted molar refractivity (Wildman–Crippen MR) is 140 cm³/mol. The Morgan fingerprint density at radius 3 is 2.69 bits per heavy atom. The third-order valence-electron chi connectivity index (χ3n) is 5.72. The minimum Gasteiger partial charge on any atom is -0.355 e. The molecule has 1 aliphatic heterocycles. The van der Waals surface area contributed by atoms with E-state index in [1.54, 1.807) is 18.1 Å². The summed E-state index contributed by atoms with van der Waals surface area (Å²) in [5, 5.41) is 6.55. The monoisotopic (exact) mass is 550 g/mol. The van der Waals surface area contributed by atoms with Crippen molar-refractivity contribution in [3.8, 4) is 0 Å². The number of amides is 1. The molecule has 0 saturated carbocycles. The van der Waals surface area contributed by atoms with E-state index >= 15 is 0 Å². The lowest BCUT2D eigenvalue weighted by atomic mass is 10.2. The van der Waals surface area contributed by atoms with Gasteiger partial charge in [-0.2, -0.15) is 0 Å². The van der Waals surface area contributed by atoms with Gasteiger partial charge in [0.25, 0.3) is 0 Å². The first kappa shape index (κ1) is 26.1. The topological polar surface area (TPSA) is 72.9 Å². The van der Waals surface area contributed by atoms with Crippen LogP contribution in [-0.2, 0) is 17.8 Å². The van der Waals surface area contributed by atoms with Gasteiger partial charge < -0.3 is 15.5 Å². The first-order valence-corrected chi connectivity index (χ1v) is 11.0. The molecule has 2 aromatic rings. The van der Waals surface area contributed by atoms with Crippen molar-refractivity contribution < 1.29 is 4.79 Å². The van der Waals surface area contributed by atoms with Crippen molar-refractivity contribution in [3.05, 3.63) is 66.0 Å². The number of nitrogens with one attached hydrogen (secondary N) is 2. The largest absolute Gasteiger partial charge is 0.355 e. The maximum atomic E-state index is 12.5. The fourth-order valence-electron chi connectivity index (χ4n) is 3.83. The molecule has 1 aromatic heterocycles. The number of likely N-dealkylation sites (tertiary alicyclic amines) is 1. The van der Waals surface area contributed by atoms with Gasteiger partial charge in [0.2, 0.25) is 5.91 Å². The summed E-state index contributed by atoms with van der Waals surface area (Å²) in [5.74, 6) is 0.698. The summed E-state index contributed by atoms with van der Waals surface area (Å²) in [7, 11) is 3.56. The van der Waals surface area contributed by atoms with Crippen LogP contribution in [-0.4, -0.2) is 73.0 Å². The Labute approximate surface area is 208 Å². The highest BCUT2D eigenvalue weighted by molar-refractivity contribution is 14.0. The van der Waals surface area contributed by atoms with Crippen molar-refractivity contribution >= 4 is 35.8 Å². The van der Waals surface area contributed by atoms with Gasteiger partial charge in [0, 0.05) is 58.1 Å². The van der Waals surface area contributed by atoms with E-state index in [0.29, 0.717) is 18.5 Å². The van der Waals surface area contributed by atoms with E-state index in [9.17, 15) is 4.79 Å². The fourth-order valence-corrected chi connectivity index (χ4v) is 3.83. The van der Waals surface area contributed by atoms with Gasteiger partial charge in [-0.05, 0) is 37.1 Å². The molecule has 32 heavy (non-hydrogen) atoms. The van der Waals surface area contributed by atoms with E-state index in [4.69, 9.17) is 0 Å². The van der Waals surface area contributed by atoms with Gasteiger partial charge in [0.05, 0.1) is 6.54 Å². The molecular weight excluding hydrogens is 515 g/mol. The molecule has 1 unspecified atom stereocenters. The average molecular weight is 550 g/mol. The molecule has 0 bridgehead atoms. The SMILES string of the molecule is CN=C(NCC(=O)N(C)CCc1ccccn1)NCC1CCCN1Cc1ccccc1.I. The molecule has 1 aliphatic rings. The molecule has 7 nitrogen and oxygen atoms in total. The summed E-state index contributed by atoms with van der Waals surface area (Å²) in [4.78, 5) is 25.3. The third kappa shape index (κ3) is 8.38. The molecule has 1 atom stereocenters. The number of carbonyl (C=O) groups is 1. The minimum absolute atomic E-state index is 0. The summed E-state index contributed by atoms with van der Waals surface area (Å²) < 4.78 is 0. The molecule has 0 spiro atoms. The second kappa shape index (κ2) is 14.1. The number of benzene rings is 1. The Balaban J connectivity index is 0.00000363. The van der Waals surface area contributed by atoms with Crippen LogP contribution in [0.1, 0.15) is 24.1 Å². The quantitative estimate of drug-likeness (QED) is 0.285. The van der Waals surface area contributed by atoms with Crippen LogP contribution in [0.25, 0.3) is 0 Å². The lowest BCUT2D eigenvalue weighted by molar-refractivity contribution is -0.128. The lowest BCUT2D eigenvalue weighted by Gasteiger charge is -2.25. The molecule has 2 heterocycles. The Morgan fingerprint density at radius 1 is 1.19 bits per heavy atom. The van der Waals surface area contributed by atoms with Crippen molar-refractivity contribution in [2.24, 2.45) is 4.99 Å². The lowest BCUT2D eigenvalue weighted by Crippen LogP contribution is -2.47.